The van der Waals surface area contributed by atoms with Crippen molar-refractivity contribution >= 4 is 23.4 Å². The molecule has 0 atom stereocenters. The zero-order valence-corrected chi connectivity index (χ0v) is 18.1. The minimum absolute atomic E-state index is 0.206. The Labute approximate surface area is 185 Å². The predicted molar refractivity (Wildman–Crippen MR) is 117 cm³/mol. The molecule has 11 heteroatoms. The van der Waals surface area contributed by atoms with Crippen LogP contribution < -0.4 is 20.9 Å². The fourth-order valence-electron chi connectivity index (χ4n) is 3.52. The molecule has 1 saturated heterocycles. The average Bonchev–Trinajstić information content (AvgIpc) is 2.78. The topological polar surface area (TPSA) is 102 Å². The van der Waals surface area contributed by atoms with Crippen LogP contribution in [-0.2, 0) is 6.54 Å². The number of aromatic nitrogens is 2. The highest BCUT2D eigenvalue weighted by Gasteiger charge is 2.20. The molecule has 32 heavy (non-hydrogen) atoms. The molecule has 0 aromatic carbocycles. The summed E-state index contributed by atoms with van der Waals surface area (Å²) in [4.78, 5) is 36.4. The van der Waals surface area contributed by atoms with Gasteiger partial charge in [-0.05, 0) is 36.8 Å². The van der Waals surface area contributed by atoms with Gasteiger partial charge >= 0.3 is 6.03 Å². The fourth-order valence-corrected chi connectivity index (χ4v) is 3.52. The van der Waals surface area contributed by atoms with Crippen LogP contribution in [0.15, 0.2) is 30.5 Å². The van der Waals surface area contributed by atoms with Gasteiger partial charge in [-0.15, -0.1) is 0 Å². The average molecular weight is 447 g/mol. The number of carbonyl (C=O) groups is 2. The maximum Gasteiger partial charge on any atom is 0.320 e. The molecule has 2 aromatic rings. The van der Waals surface area contributed by atoms with Crippen molar-refractivity contribution in [2.24, 2.45) is 0 Å². The van der Waals surface area contributed by atoms with Gasteiger partial charge in [-0.3, -0.25) is 15.0 Å². The number of carbonyl (C=O) groups excluding carboxylic acids is 2. The lowest BCUT2D eigenvalue weighted by molar-refractivity contribution is 0.0958. The number of nitrogens with zero attached hydrogens (tertiary/aromatic N) is 4. The summed E-state index contributed by atoms with van der Waals surface area (Å²) >= 11 is 0. The summed E-state index contributed by atoms with van der Waals surface area (Å²) < 4.78 is 24.4. The van der Waals surface area contributed by atoms with Gasteiger partial charge in [-0.1, -0.05) is 0 Å². The maximum absolute atomic E-state index is 12.2. The fraction of sp³-hybridized carbons (Fsp3) is 0.429. The van der Waals surface area contributed by atoms with Crippen LogP contribution in [0.2, 0.25) is 0 Å². The minimum Gasteiger partial charge on any atom is -0.368 e. The Morgan fingerprint density at radius 1 is 1.16 bits per heavy atom. The standard InChI is InChI=1S/C21H27F2N7O2/c1-14-17(4-3-16(27-14)20(31)24-2)30-9-7-29(8-10-30)13-15-5-6-25-19(11-15)28-21(32)26-12-18(22)23/h3-6,11,18H,7-10,12-13H2,1-2H3,(H,24,31)(H2,25,26,28,32). The van der Waals surface area contributed by atoms with E-state index < -0.39 is 19.0 Å². The van der Waals surface area contributed by atoms with Crippen LogP contribution in [0.3, 0.4) is 0 Å². The van der Waals surface area contributed by atoms with E-state index in [-0.39, 0.29) is 5.91 Å². The number of alkyl halides is 2. The number of nitrogens with one attached hydrogen (secondary N) is 3. The molecular formula is C21H27F2N7O2. The molecule has 1 aliphatic rings. The predicted octanol–water partition coefficient (Wildman–Crippen LogP) is 1.85. The van der Waals surface area contributed by atoms with Crippen LogP contribution in [-0.4, -0.2) is 73.0 Å². The zero-order chi connectivity index (χ0) is 23.1. The second kappa shape index (κ2) is 10.8. The Kier molecular flexibility index (Phi) is 7.87. The molecule has 0 saturated carbocycles. The highest BCUT2D eigenvalue weighted by Crippen LogP contribution is 2.21. The van der Waals surface area contributed by atoms with Gasteiger partial charge in [0.1, 0.15) is 11.5 Å². The van der Waals surface area contributed by atoms with Crippen molar-refractivity contribution in [1.29, 1.82) is 0 Å². The molecule has 3 heterocycles. The number of hydrogen-bond donors (Lipinski definition) is 3. The molecule has 3 amide bonds. The van der Waals surface area contributed by atoms with Crippen LogP contribution in [0.4, 0.5) is 25.1 Å². The second-order valence-electron chi connectivity index (χ2n) is 7.42. The third kappa shape index (κ3) is 6.33. The monoisotopic (exact) mass is 447 g/mol. The van der Waals surface area contributed by atoms with Crippen molar-refractivity contribution in [2.75, 3.05) is 50.0 Å². The number of aryl methyl sites for hydroxylation is 1. The number of anilines is 2. The van der Waals surface area contributed by atoms with E-state index in [1.165, 1.54) is 0 Å². The van der Waals surface area contributed by atoms with E-state index in [1.54, 1.807) is 25.4 Å². The molecule has 3 N–H and O–H groups in total. The summed E-state index contributed by atoms with van der Waals surface area (Å²) in [6.45, 7) is 5.16. The first-order valence-corrected chi connectivity index (χ1v) is 10.3. The lowest BCUT2D eigenvalue weighted by atomic mass is 10.2. The normalized spacial score (nSPS) is 14.3. The van der Waals surface area contributed by atoms with Crippen molar-refractivity contribution in [3.05, 3.63) is 47.4 Å². The lowest BCUT2D eigenvalue weighted by Crippen LogP contribution is -2.46. The third-order valence-electron chi connectivity index (χ3n) is 5.12. The quantitative estimate of drug-likeness (QED) is 0.599. The van der Waals surface area contributed by atoms with Crippen molar-refractivity contribution in [2.45, 2.75) is 19.9 Å². The van der Waals surface area contributed by atoms with E-state index in [4.69, 9.17) is 0 Å². The SMILES string of the molecule is CNC(=O)c1ccc(N2CCN(Cc3ccnc(NC(=O)NCC(F)F)c3)CC2)c(C)n1. The Balaban J connectivity index is 1.53. The molecule has 0 spiro atoms. The van der Waals surface area contributed by atoms with Gasteiger partial charge in [-0.2, -0.15) is 0 Å². The van der Waals surface area contributed by atoms with Crippen LogP contribution >= 0.6 is 0 Å². The number of halogens is 2. The molecular weight excluding hydrogens is 420 g/mol. The van der Waals surface area contributed by atoms with Gasteiger partial charge < -0.3 is 15.5 Å². The lowest BCUT2D eigenvalue weighted by Gasteiger charge is -2.36. The molecule has 3 rings (SSSR count). The van der Waals surface area contributed by atoms with Crippen molar-refractivity contribution in [3.63, 3.8) is 0 Å². The molecule has 2 aromatic heterocycles. The summed E-state index contributed by atoms with van der Waals surface area (Å²) in [5.74, 6) is 0.105. The number of urea groups is 1. The van der Waals surface area contributed by atoms with Crippen molar-refractivity contribution in [3.8, 4) is 0 Å². The number of piperazine rings is 1. The minimum atomic E-state index is -2.60. The van der Waals surface area contributed by atoms with Crippen molar-refractivity contribution in [1.82, 2.24) is 25.5 Å². The summed E-state index contributed by atoms with van der Waals surface area (Å²) in [5, 5.41) is 7.13. The van der Waals surface area contributed by atoms with Gasteiger partial charge in [0.05, 0.1) is 17.9 Å². The van der Waals surface area contributed by atoms with E-state index in [2.05, 4.69) is 35.7 Å². The molecule has 0 unspecified atom stereocenters. The van der Waals surface area contributed by atoms with E-state index >= 15 is 0 Å². The first-order chi connectivity index (χ1) is 15.4. The highest BCUT2D eigenvalue weighted by molar-refractivity contribution is 5.92. The Morgan fingerprint density at radius 3 is 2.56 bits per heavy atom. The molecule has 9 nitrogen and oxygen atoms in total. The molecule has 1 fully saturated rings. The van der Waals surface area contributed by atoms with Gasteiger partial charge in [-0.25, -0.2) is 23.5 Å². The summed E-state index contributed by atoms with van der Waals surface area (Å²) in [6.07, 6.45) is -1.02. The van der Waals surface area contributed by atoms with Crippen LogP contribution in [0.1, 0.15) is 21.7 Å². The van der Waals surface area contributed by atoms with E-state index in [0.717, 1.165) is 43.1 Å². The molecule has 1 aliphatic heterocycles. The van der Waals surface area contributed by atoms with Crippen molar-refractivity contribution < 1.29 is 18.4 Å². The first-order valence-electron chi connectivity index (χ1n) is 10.3. The van der Waals surface area contributed by atoms with E-state index in [1.807, 2.05) is 19.1 Å². The Bertz CT molecular complexity index is 949. The van der Waals surface area contributed by atoms with Crippen LogP contribution in [0.25, 0.3) is 0 Å². The smallest absolute Gasteiger partial charge is 0.320 e. The summed E-state index contributed by atoms with van der Waals surface area (Å²) in [7, 11) is 1.58. The highest BCUT2D eigenvalue weighted by atomic mass is 19.3. The molecule has 0 bridgehead atoms. The number of pyridine rings is 2. The van der Waals surface area contributed by atoms with E-state index in [9.17, 15) is 18.4 Å². The van der Waals surface area contributed by atoms with Gasteiger partial charge in [0.25, 0.3) is 12.3 Å². The van der Waals surface area contributed by atoms with Gasteiger partial charge in [0, 0.05) is 46.0 Å². The molecule has 0 aliphatic carbocycles. The second-order valence-corrected chi connectivity index (χ2v) is 7.42. The van der Waals surface area contributed by atoms with E-state index in [0.29, 0.717) is 18.1 Å². The van der Waals surface area contributed by atoms with Gasteiger partial charge in [0.2, 0.25) is 0 Å². The summed E-state index contributed by atoms with van der Waals surface area (Å²) in [6, 6.07) is 6.55. The molecule has 0 radical (unpaired) electrons. The number of rotatable bonds is 7. The van der Waals surface area contributed by atoms with Crippen LogP contribution in [0.5, 0.6) is 0 Å². The third-order valence-corrected chi connectivity index (χ3v) is 5.12. The molecule has 172 valence electrons. The van der Waals surface area contributed by atoms with Gasteiger partial charge in [0.15, 0.2) is 0 Å². The summed E-state index contributed by atoms with van der Waals surface area (Å²) in [5.41, 5.74) is 3.19. The number of amides is 3. The van der Waals surface area contributed by atoms with Crippen LogP contribution in [0, 0.1) is 6.92 Å². The maximum atomic E-state index is 12.2. The largest absolute Gasteiger partial charge is 0.368 e. The number of hydrogen-bond acceptors (Lipinski definition) is 6. The first kappa shape index (κ1) is 23.3. The Hall–Kier alpha value is -3.34. The Morgan fingerprint density at radius 2 is 1.91 bits per heavy atom. The zero-order valence-electron chi connectivity index (χ0n) is 18.1.